The third-order valence-corrected chi connectivity index (χ3v) is 12.1. The van der Waals surface area contributed by atoms with Crippen LogP contribution in [0.2, 0.25) is 0 Å². The molecule has 0 radical (unpaired) electrons. The smallest absolute Gasteiger partial charge is 0.327 e. The molecule has 1 aliphatic carbocycles. The maximum Gasteiger partial charge on any atom is 0.327 e. The fraction of sp³-hybridized carbons (Fsp3) is 0.400. The second-order valence-corrected chi connectivity index (χ2v) is 17.7. The minimum atomic E-state index is -1.49. The zero-order valence-corrected chi connectivity index (χ0v) is 36.6. The maximum absolute atomic E-state index is 15.1. The standard InChI is InChI=1S/C50H55N3O12/c1-48(2,3)62-40(56)22-21-38(31-55)52-45(57)35-12-10-11-34(27-35)29-51-47(59)49-28-39-41-42(64-50(63-41,36-13-6-4-7-14-36)37-15-8-5-9-16-37)44(49)65-53(43(49)46(58)61-39)30-33-19-17-32(18-20-33)23-25-60-26-24-54/h4-20,23,25,27,38-39,41-44,54-55H,21-22,24,26,28-31H2,1-3H3,(H,51,59)(H,52,57)/t38-,39+,41-,42-,43-,44+,49-/m0/s1. The molecule has 4 N–H and O–H groups in total. The molecule has 4 aliphatic rings. The first kappa shape index (κ1) is 45.6. The number of aliphatic hydroxyl groups is 2. The van der Waals surface area contributed by atoms with E-state index in [1.807, 2.05) is 84.9 Å². The first-order valence-electron chi connectivity index (χ1n) is 21.9. The van der Waals surface area contributed by atoms with Gasteiger partial charge in [0.25, 0.3) is 5.91 Å². The minimum Gasteiger partial charge on any atom is -0.499 e. The van der Waals surface area contributed by atoms with E-state index in [9.17, 15) is 19.5 Å². The van der Waals surface area contributed by atoms with Gasteiger partial charge in [0.1, 0.15) is 42.0 Å². The van der Waals surface area contributed by atoms with Gasteiger partial charge in [0.2, 0.25) is 11.7 Å². The van der Waals surface area contributed by atoms with Crippen molar-refractivity contribution in [3.8, 4) is 0 Å². The lowest BCUT2D eigenvalue weighted by Gasteiger charge is -2.48. The largest absolute Gasteiger partial charge is 0.499 e. The van der Waals surface area contributed by atoms with Crippen LogP contribution in [0.15, 0.2) is 115 Å². The van der Waals surface area contributed by atoms with E-state index >= 15 is 4.79 Å². The van der Waals surface area contributed by atoms with Crippen molar-refractivity contribution in [2.24, 2.45) is 5.41 Å². The highest BCUT2D eigenvalue weighted by Gasteiger charge is 2.76. The molecular weight excluding hydrogens is 835 g/mol. The number of esters is 2. The average Bonchev–Trinajstić information content (AvgIpc) is 3.89. The third kappa shape index (κ3) is 9.57. The molecule has 0 unspecified atom stereocenters. The first-order valence-corrected chi connectivity index (χ1v) is 21.9. The third-order valence-electron chi connectivity index (χ3n) is 12.1. The van der Waals surface area contributed by atoms with Crippen molar-refractivity contribution in [2.45, 2.75) is 101 Å². The lowest BCUT2D eigenvalue weighted by molar-refractivity contribution is -0.213. The van der Waals surface area contributed by atoms with E-state index in [-0.39, 0.29) is 57.7 Å². The number of nitrogens with zero attached hydrogens (tertiary/aromatic N) is 1. The molecule has 15 heteroatoms. The summed E-state index contributed by atoms with van der Waals surface area (Å²) in [5.41, 5.74) is 1.84. The second-order valence-electron chi connectivity index (χ2n) is 17.7. The van der Waals surface area contributed by atoms with Crippen molar-refractivity contribution in [3.63, 3.8) is 0 Å². The molecule has 3 aliphatic heterocycles. The number of amides is 2. The van der Waals surface area contributed by atoms with E-state index in [0.717, 1.165) is 22.3 Å². The number of carbonyl (C=O) groups excluding carboxylic acids is 4. The molecular formula is C50H55N3O12. The van der Waals surface area contributed by atoms with Crippen LogP contribution >= 0.6 is 0 Å². The summed E-state index contributed by atoms with van der Waals surface area (Å²) in [6, 6.07) is 31.4. The van der Waals surface area contributed by atoms with E-state index in [0.29, 0.717) is 5.56 Å². The summed E-state index contributed by atoms with van der Waals surface area (Å²) in [6.45, 7) is 5.14. The molecule has 3 heterocycles. The lowest BCUT2D eigenvalue weighted by Crippen LogP contribution is -2.69. The van der Waals surface area contributed by atoms with Crippen molar-refractivity contribution < 1.29 is 57.9 Å². The Kier molecular flexibility index (Phi) is 13.5. The van der Waals surface area contributed by atoms with E-state index in [4.69, 9.17) is 33.6 Å². The van der Waals surface area contributed by atoms with Crippen LogP contribution < -0.4 is 10.6 Å². The highest BCUT2D eigenvalue weighted by molar-refractivity contribution is 5.95. The van der Waals surface area contributed by atoms with Crippen LogP contribution in [-0.4, -0.2) is 101 Å². The Balaban J connectivity index is 1.06. The molecule has 7 atom stereocenters. The van der Waals surface area contributed by atoms with Gasteiger partial charge in [0.15, 0.2) is 6.04 Å². The number of ether oxygens (including phenoxy) is 5. The van der Waals surface area contributed by atoms with Crippen LogP contribution in [0, 0.1) is 5.41 Å². The fourth-order valence-electron chi connectivity index (χ4n) is 9.18. The number of carbonyl (C=O) groups is 4. The van der Waals surface area contributed by atoms with Gasteiger partial charge in [0.05, 0.1) is 32.1 Å². The Morgan fingerprint density at radius 3 is 2.25 bits per heavy atom. The summed E-state index contributed by atoms with van der Waals surface area (Å²) >= 11 is 0. The van der Waals surface area contributed by atoms with E-state index in [2.05, 4.69) is 10.6 Å². The molecule has 1 saturated carbocycles. The first-order chi connectivity index (χ1) is 31.3. The Bertz CT molecular complexity index is 2310. The molecule has 0 spiro atoms. The number of hydrogen-bond donors (Lipinski definition) is 4. The molecule has 2 bridgehead atoms. The van der Waals surface area contributed by atoms with Crippen molar-refractivity contribution in [2.75, 3.05) is 19.8 Å². The van der Waals surface area contributed by atoms with Crippen LogP contribution in [-0.2, 0) is 61.8 Å². The summed E-state index contributed by atoms with van der Waals surface area (Å²) in [5, 5.41) is 26.4. The molecule has 0 aromatic heterocycles. The zero-order valence-electron chi connectivity index (χ0n) is 36.6. The van der Waals surface area contributed by atoms with Gasteiger partial charge in [-0.3, -0.25) is 24.0 Å². The molecule has 2 amide bonds. The fourth-order valence-corrected chi connectivity index (χ4v) is 9.18. The quantitative estimate of drug-likeness (QED) is 0.0650. The van der Waals surface area contributed by atoms with E-state index in [1.165, 1.54) is 11.3 Å². The van der Waals surface area contributed by atoms with Crippen molar-refractivity contribution in [1.29, 1.82) is 0 Å². The molecule has 4 fully saturated rings. The molecule has 3 saturated heterocycles. The van der Waals surface area contributed by atoms with Crippen molar-refractivity contribution >= 4 is 29.8 Å². The summed E-state index contributed by atoms with van der Waals surface area (Å²) in [5.74, 6) is -3.38. The second kappa shape index (κ2) is 19.3. The monoisotopic (exact) mass is 889 g/mol. The SMILES string of the molecule is CC(C)(C)OC(=O)CC[C@@H](CO)NC(=O)c1cccc(CNC(=O)[C@@]23C[C@H]4OC(=O)[C@@H]2N(Cc2ccc(C=COCCO)cc2)O[C@@H]3[C@H]2OC(c3ccccc3)(c3ccccc3)O[C@H]24)c1. The molecule has 4 aromatic rings. The summed E-state index contributed by atoms with van der Waals surface area (Å²) in [4.78, 5) is 62.0. The van der Waals surface area contributed by atoms with Gasteiger partial charge >= 0.3 is 11.9 Å². The van der Waals surface area contributed by atoms with Gasteiger partial charge in [-0.05, 0) is 62.1 Å². The summed E-state index contributed by atoms with van der Waals surface area (Å²) < 4.78 is 30.9. The van der Waals surface area contributed by atoms with Crippen LogP contribution in [0.5, 0.6) is 0 Å². The van der Waals surface area contributed by atoms with Gasteiger partial charge in [-0.15, -0.1) is 0 Å². The lowest BCUT2D eigenvalue weighted by atomic mass is 9.62. The summed E-state index contributed by atoms with van der Waals surface area (Å²) in [6.07, 6.45) is 0.0468. The summed E-state index contributed by atoms with van der Waals surface area (Å²) in [7, 11) is 0. The van der Waals surface area contributed by atoms with Gasteiger partial charge in [-0.2, -0.15) is 5.06 Å². The number of hydrogen-bond acceptors (Lipinski definition) is 13. The number of fused-ring (bicyclic) bond motifs is 4. The number of aliphatic hydroxyl groups excluding tert-OH is 2. The zero-order chi connectivity index (χ0) is 45.8. The Hall–Kier alpha value is -5.94. The number of benzene rings is 4. The highest BCUT2D eigenvalue weighted by Crippen LogP contribution is 2.59. The number of hydroxylamine groups is 2. The van der Waals surface area contributed by atoms with Gasteiger partial charge < -0.3 is 44.5 Å². The predicted octanol–water partition coefficient (Wildman–Crippen LogP) is 4.68. The molecule has 8 rings (SSSR count). The number of rotatable bonds is 17. The topological polar surface area (TPSA) is 191 Å². The predicted molar refractivity (Wildman–Crippen MR) is 235 cm³/mol. The molecule has 4 aromatic carbocycles. The van der Waals surface area contributed by atoms with Crippen molar-refractivity contribution in [1.82, 2.24) is 15.7 Å². The molecule has 65 heavy (non-hydrogen) atoms. The van der Waals surface area contributed by atoms with E-state index < -0.39 is 77.1 Å². The average molecular weight is 890 g/mol. The molecule has 342 valence electrons. The Labute approximate surface area is 377 Å². The van der Waals surface area contributed by atoms with Crippen LogP contribution in [0.3, 0.4) is 0 Å². The minimum absolute atomic E-state index is 0.00332. The Morgan fingerprint density at radius 2 is 1.58 bits per heavy atom. The van der Waals surface area contributed by atoms with Gasteiger partial charge in [-0.25, -0.2) is 0 Å². The van der Waals surface area contributed by atoms with E-state index in [1.54, 1.807) is 51.1 Å². The van der Waals surface area contributed by atoms with Crippen LogP contribution in [0.1, 0.15) is 78.2 Å². The van der Waals surface area contributed by atoms with Crippen LogP contribution in [0.25, 0.3) is 6.08 Å². The highest BCUT2D eigenvalue weighted by atomic mass is 16.8. The normalized spacial score (nSPS) is 24.8. The Morgan fingerprint density at radius 1 is 0.892 bits per heavy atom. The van der Waals surface area contributed by atoms with Crippen LogP contribution in [0.4, 0.5) is 0 Å². The molecule has 15 nitrogen and oxygen atoms in total. The van der Waals surface area contributed by atoms with Gasteiger partial charge in [-0.1, -0.05) is 97.1 Å². The number of nitrogens with one attached hydrogen (secondary N) is 2. The van der Waals surface area contributed by atoms with Crippen molar-refractivity contribution in [3.05, 3.63) is 149 Å². The van der Waals surface area contributed by atoms with Gasteiger partial charge in [0, 0.05) is 36.1 Å². The maximum atomic E-state index is 15.1.